The molecule has 4 rings (SSSR count). The summed E-state index contributed by atoms with van der Waals surface area (Å²) < 4.78 is 43.2. The number of anilines is 2. The fraction of sp³-hybridized carbons (Fsp3) is 0.318. The van der Waals surface area contributed by atoms with Crippen LogP contribution in [0.25, 0.3) is 0 Å². The van der Waals surface area contributed by atoms with E-state index >= 15 is 0 Å². The van der Waals surface area contributed by atoms with Gasteiger partial charge in [-0.3, -0.25) is 0 Å². The number of nitrogens with zero attached hydrogens (tertiary/aromatic N) is 1. The van der Waals surface area contributed by atoms with Gasteiger partial charge in [-0.1, -0.05) is 29.5 Å². The lowest BCUT2D eigenvalue weighted by Crippen LogP contribution is -2.45. The highest BCUT2D eigenvalue weighted by Crippen LogP contribution is 2.48. The van der Waals surface area contributed by atoms with Crippen molar-refractivity contribution < 1.29 is 13.2 Å². The summed E-state index contributed by atoms with van der Waals surface area (Å²) in [6.07, 6.45) is -3.08. The van der Waals surface area contributed by atoms with Crippen molar-refractivity contribution in [2.45, 2.75) is 38.4 Å². The second-order valence-electron chi connectivity index (χ2n) is 7.53. The Morgan fingerprint density at radius 1 is 1.14 bits per heavy atom. The van der Waals surface area contributed by atoms with Gasteiger partial charge in [-0.05, 0) is 68.1 Å². The number of guanidine groups is 1. The second-order valence-corrected chi connectivity index (χ2v) is 7.96. The average molecular weight is 418 g/mol. The van der Waals surface area contributed by atoms with Gasteiger partial charge < -0.3 is 10.6 Å². The SMILES string of the molecule is Cc1cc(C)cc(NC2=NC(C#CC3CC3)(C(F)(F)F)c3cc(Cl)ccc3N2)c1. The first-order valence-electron chi connectivity index (χ1n) is 9.28. The molecule has 0 spiro atoms. The van der Waals surface area contributed by atoms with Gasteiger partial charge in [0.2, 0.25) is 11.5 Å². The van der Waals surface area contributed by atoms with Crippen molar-refractivity contribution in [1.29, 1.82) is 0 Å². The lowest BCUT2D eigenvalue weighted by Gasteiger charge is -2.34. The Kier molecular flexibility index (Phi) is 4.74. The van der Waals surface area contributed by atoms with Crippen LogP contribution < -0.4 is 10.6 Å². The Hall–Kier alpha value is -2.65. The summed E-state index contributed by atoms with van der Waals surface area (Å²) in [5, 5.41) is 6.14. The zero-order valence-corrected chi connectivity index (χ0v) is 16.7. The van der Waals surface area contributed by atoms with Crippen LogP contribution in [0.1, 0.15) is 29.5 Å². The van der Waals surface area contributed by atoms with E-state index in [0.717, 1.165) is 24.0 Å². The van der Waals surface area contributed by atoms with Crippen LogP contribution in [0, 0.1) is 31.6 Å². The molecule has 150 valence electrons. The van der Waals surface area contributed by atoms with Gasteiger partial charge in [0, 0.05) is 27.9 Å². The van der Waals surface area contributed by atoms with Gasteiger partial charge in [0.1, 0.15) is 0 Å². The molecule has 2 N–H and O–H groups in total. The number of hydrogen-bond acceptors (Lipinski definition) is 3. The number of halogens is 4. The van der Waals surface area contributed by atoms with E-state index in [4.69, 9.17) is 11.6 Å². The molecule has 3 nitrogen and oxygen atoms in total. The van der Waals surface area contributed by atoms with Gasteiger partial charge in [0.25, 0.3) is 0 Å². The quantitative estimate of drug-likeness (QED) is 0.556. The smallest absolute Gasteiger partial charge is 0.326 e. The maximum Gasteiger partial charge on any atom is 0.429 e. The number of nitrogens with one attached hydrogen (secondary N) is 2. The highest BCUT2D eigenvalue weighted by molar-refractivity contribution is 6.30. The summed E-state index contributed by atoms with van der Waals surface area (Å²) >= 11 is 6.02. The maximum atomic E-state index is 14.4. The van der Waals surface area contributed by atoms with E-state index in [1.807, 2.05) is 32.0 Å². The first kappa shape index (κ1) is 19.7. The molecule has 1 heterocycles. The van der Waals surface area contributed by atoms with Crippen molar-refractivity contribution in [3.8, 4) is 11.8 Å². The Balaban J connectivity index is 1.85. The summed E-state index contributed by atoms with van der Waals surface area (Å²) in [5.41, 5.74) is 0.147. The average Bonchev–Trinajstić information content (AvgIpc) is 3.42. The van der Waals surface area contributed by atoms with E-state index in [1.165, 1.54) is 12.1 Å². The van der Waals surface area contributed by atoms with Gasteiger partial charge in [-0.2, -0.15) is 13.2 Å². The predicted molar refractivity (Wildman–Crippen MR) is 110 cm³/mol. The molecule has 0 saturated heterocycles. The van der Waals surface area contributed by atoms with Crippen molar-refractivity contribution in [2.75, 3.05) is 10.6 Å². The normalized spacial score (nSPS) is 20.7. The van der Waals surface area contributed by atoms with Crippen LogP contribution in [-0.2, 0) is 5.54 Å². The number of rotatable bonds is 1. The fourth-order valence-corrected chi connectivity index (χ4v) is 3.54. The number of alkyl halides is 3. The van der Waals surface area contributed by atoms with Gasteiger partial charge >= 0.3 is 6.18 Å². The summed E-state index contributed by atoms with van der Waals surface area (Å²) in [6, 6.07) is 10.0. The molecule has 0 bridgehead atoms. The van der Waals surface area contributed by atoms with E-state index in [2.05, 4.69) is 27.5 Å². The summed E-state index contributed by atoms with van der Waals surface area (Å²) in [5.74, 6) is 5.21. The summed E-state index contributed by atoms with van der Waals surface area (Å²) in [4.78, 5) is 4.06. The van der Waals surface area contributed by atoms with Crippen LogP contribution >= 0.6 is 11.6 Å². The van der Waals surface area contributed by atoms with E-state index in [0.29, 0.717) is 5.69 Å². The largest absolute Gasteiger partial charge is 0.429 e. The number of fused-ring (bicyclic) bond motifs is 1. The monoisotopic (exact) mass is 417 g/mol. The molecule has 2 aromatic rings. The highest BCUT2D eigenvalue weighted by atomic mass is 35.5. The van der Waals surface area contributed by atoms with Crippen molar-refractivity contribution >= 4 is 28.9 Å². The van der Waals surface area contributed by atoms with Crippen molar-refractivity contribution in [3.63, 3.8) is 0 Å². The zero-order chi connectivity index (χ0) is 20.8. The van der Waals surface area contributed by atoms with Crippen LogP contribution in [0.15, 0.2) is 41.4 Å². The van der Waals surface area contributed by atoms with Crippen LogP contribution in [-0.4, -0.2) is 12.1 Å². The minimum atomic E-state index is -4.72. The van der Waals surface area contributed by atoms with Gasteiger partial charge in [0.15, 0.2) is 0 Å². The standard InChI is InChI=1S/C22H19ClF3N3/c1-13-9-14(2)11-17(10-13)27-20-28-19-6-5-16(23)12-18(19)21(29-20,22(24,25)26)8-7-15-3-4-15/h5-6,9-12,15H,3-4H2,1-2H3,(H2,27,28,29). The molecule has 29 heavy (non-hydrogen) atoms. The van der Waals surface area contributed by atoms with Crippen LogP contribution in [0.2, 0.25) is 5.02 Å². The minimum Gasteiger partial charge on any atom is -0.326 e. The van der Waals surface area contributed by atoms with E-state index in [-0.39, 0.29) is 28.2 Å². The van der Waals surface area contributed by atoms with E-state index < -0.39 is 11.7 Å². The number of hydrogen-bond donors (Lipinski definition) is 2. The summed E-state index contributed by atoms with van der Waals surface area (Å²) in [7, 11) is 0. The topological polar surface area (TPSA) is 36.4 Å². The molecule has 0 aromatic heterocycles. The third-order valence-electron chi connectivity index (χ3n) is 4.83. The highest BCUT2D eigenvalue weighted by Gasteiger charge is 2.58. The van der Waals surface area contributed by atoms with Crippen LogP contribution in [0.3, 0.4) is 0 Å². The summed E-state index contributed by atoms with van der Waals surface area (Å²) in [6.45, 7) is 3.85. The Bertz CT molecular complexity index is 1040. The lowest BCUT2D eigenvalue weighted by atomic mass is 9.87. The third kappa shape index (κ3) is 3.92. The number of aryl methyl sites for hydroxylation is 2. The van der Waals surface area contributed by atoms with Gasteiger partial charge in [-0.15, -0.1) is 0 Å². The molecule has 1 atom stereocenters. The van der Waals surface area contributed by atoms with Crippen molar-refractivity contribution in [3.05, 3.63) is 58.1 Å². The fourth-order valence-electron chi connectivity index (χ4n) is 3.37. The zero-order valence-electron chi connectivity index (χ0n) is 15.9. The molecule has 0 radical (unpaired) electrons. The van der Waals surface area contributed by atoms with Crippen LogP contribution in [0.5, 0.6) is 0 Å². The lowest BCUT2D eigenvalue weighted by molar-refractivity contribution is -0.170. The molecule has 0 amide bonds. The molecule has 2 aliphatic rings. The molecule has 1 fully saturated rings. The Morgan fingerprint density at radius 2 is 1.83 bits per heavy atom. The first-order valence-corrected chi connectivity index (χ1v) is 9.66. The molecule has 2 aromatic carbocycles. The molecule has 7 heteroatoms. The van der Waals surface area contributed by atoms with E-state index in [1.54, 1.807) is 6.07 Å². The Labute approximate surface area is 172 Å². The molecule has 1 saturated carbocycles. The Morgan fingerprint density at radius 3 is 2.45 bits per heavy atom. The van der Waals surface area contributed by atoms with Crippen molar-refractivity contribution in [1.82, 2.24) is 0 Å². The molecular weight excluding hydrogens is 399 g/mol. The van der Waals surface area contributed by atoms with Gasteiger partial charge in [0.05, 0.1) is 0 Å². The number of benzene rings is 2. The minimum absolute atomic E-state index is 0.00206. The number of aliphatic imine (C=N–C) groups is 1. The van der Waals surface area contributed by atoms with Crippen molar-refractivity contribution in [2.24, 2.45) is 10.9 Å². The van der Waals surface area contributed by atoms with Gasteiger partial charge in [-0.25, -0.2) is 4.99 Å². The third-order valence-corrected chi connectivity index (χ3v) is 5.07. The molecule has 1 aliphatic heterocycles. The van der Waals surface area contributed by atoms with Crippen LogP contribution in [0.4, 0.5) is 24.5 Å². The molecule has 1 aliphatic carbocycles. The second kappa shape index (κ2) is 7.00. The maximum absolute atomic E-state index is 14.4. The first-order chi connectivity index (χ1) is 13.7. The van der Waals surface area contributed by atoms with E-state index in [9.17, 15) is 13.2 Å². The molecular formula is C22H19ClF3N3. The predicted octanol–water partition coefficient (Wildman–Crippen LogP) is 6.02. The molecule has 1 unspecified atom stereocenters.